The van der Waals surface area contributed by atoms with Crippen molar-refractivity contribution in [2.75, 3.05) is 0 Å². The Bertz CT molecular complexity index is 508. The van der Waals surface area contributed by atoms with Gasteiger partial charge in [0.15, 0.2) is 0 Å². The van der Waals surface area contributed by atoms with Gasteiger partial charge in [0.2, 0.25) is 5.91 Å². The number of aliphatic carboxylic acids is 1. The largest absolute Gasteiger partial charge is 0.480 e. The van der Waals surface area contributed by atoms with Crippen molar-refractivity contribution in [3.05, 3.63) is 23.2 Å². The topological polar surface area (TPSA) is 135 Å². The smallest absolute Gasteiger partial charge is 0.326 e. The summed E-state index contributed by atoms with van der Waals surface area (Å²) < 4.78 is 0. The van der Waals surface area contributed by atoms with E-state index in [1.807, 2.05) is 0 Å². The van der Waals surface area contributed by atoms with Crippen molar-refractivity contribution in [2.24, 2.45) is 5.73 Å². The summed E-state index contributed by atoms with van der Waals surface area (Å²) in [6, 6.07) is -1.24. The van der Waals surface area contributed by atoms with Crippen molar-refractivity contribution in [1.82, 2.24) is 15.3 Å². The molecule has 0 aliphatic heterocycles. The molecule has 9 heteroatoms. The van der Waals surface area contributed by atoms with Crippen LogP contribution in [0.3, 0.4) is 0 Å². The Morgan fingerprint density at radius 2 is 2.11 bits per heavy atom. The monoisotopic (exact) mass is 286 g/mol. The number of carbonyl (C=O) groups excluding carboxylic acids is 2. The number of nitrogens with one attached hydrogen (secondary N) is 1. The molecule has 2 amide bonds. The summed E-state index contributed by atoms with van der Waals surface area (Å²) in [5.41, 5.74) is 4.81. The molecule has 19 heavy (non-hydrogen) atoms. The van der Waals surface area contributed by atoms with Gasteiger partial charge in [-0.25, -0.2) is 9.78 Å². The molecule has 0 saturated carbocycles. The van der Waals surface area contributed by atoms with E-state index in [2.05, 4.69) is 15.3 Å². The van der Waals surface area contributed by atoms with E-state index in [1.54, 1.807) is 0 Å². The minimum atomic E-state index is -1.27. The number of halogens is 1. The standard InChI is InChI=1S/C10H11ClN4O4/c11-7-4-13-3-6(14-7)9(17)15-5(10(18)19)1-2-8(12)16/h3-5H,1-2H2,(H2,12,16)(H,15,17)(H,18,19)/t5-/m0/s1. The Morgan fingerprint density at radius 1 is 1.42 bits per heavy atom. The van der Waals surface area contributed by atoms with E-state index in [0.717, 1.165) is 6.20 Å². The van der Waals surface area contributed by atoms with Crippen LogP contribution in [0.1, 0.15) is 23.3 Å². The van der Waals surface area contributed by atoms with Crippen molar-refractivity contribution in [2.45, 2.75) is 18.9 Å². The van der Waals surface area contributed by atoms with Crippen LogP contribution >= 0.6 is 11.6 Å². The minimum absolute atomic E-state index is 0.0108. The number of primary amides is 1. The average Bonchev–Trinajstić information content (AvgIpc) is 2.33. The molecule has 1 heterocycles. The van der Waals surface area contributed by atoms with Crippen LogP contribution in [0.5, 0.6) is 0 Å². The van der Waals surface area contributed by atoms with Crippen molar-refractivity contribution in [3.8, 4) is 0 Å². The lowest BCUT2D eigenvalue weighted by atomic mass is 10.1. The first-order valence-corrected chi connectivity index (χ1v) is 5.57. The van der Waals surface area contributed by atoms with E-state index < -0.39 is 23.8 Å². The predicted octanol–water partition coefficient (Wildman–Crippen LogP) is -0.422. The van der Waals surface area contributed by atoms with Crippen molar-refractivity contribution >= 4 is 29.4 Å². The molecule has 1 atom stereocenters. The highest BCUT2D eigenvalue weighted by Crippen LogP contribution is 2.04. The fourth-order valence-corrected chi connectivity index (χ4v) is 1.38. The third kappa shape index (κ3) is 4.88. The lowest BCUT2D eigenvalue weighted by molar-refractivity contribution is -0.139. The number of nitrogens with zero attached hydrogens (tertiary/aromatic N) is 2. The Hall–Kier alpha value is -2.22. The Kier molecular flexibility index (Phi) is 5.19. The number of amides is 2. The number of hydrogen-bond donors (Lipinski definition) is 3. The summed E-state index contributed by atoms with van der Waals surface area (Å²) in [6.07, 6.45) is 2.12. The van der Waals surface area contributed by atoms with Crippen molar-refractivity contribution in [1.29, 1.82) is 0 Å². The van der Waals surface area contributed by atoms with Crippen LogP contribution in [0.15, 0.2) is 12.4 Å². The lowest BCUT2D eigenvalue weighted by Crippen LogP contribution is -2.41. The second-order valence-electron chi connectivity index (χ2n) is 3.60. The van der Waals surface area contributed by atoms with Crippen LogP contribution in [0.4, 0.5) is 0 Å². The fourth-order valence-electron chi connectivity index (χ4n) is 1.23. The van der Waals surface area contributed by atoms with Crippen molar-refractivity contribution < 1.29 is 19.5 Å². The summed E-state index contributed by atoms with van der Waals surface area (Å²) in [4.78, 5) is 40.6. The first-order valence-electron chi connectivity index (χ1n) is 5.19. The van der Waals surface area contributed by atoms with E-state index in [1.165, 1.54) is 6.20 Å². The SMILES string of the molecule is NC(=O)CC[C@H](NC(=O)c1cncc(Cl)n1)C(=O)O. The second kappa shape index (κ2) is 6.64. The first-order chi connectivity index (χ1) is 8.90. The number of nitrogens with two attached hydrogens (primary N) is 1. The van der Waals surface area contributed by atoms with E-state index in [9.17, 15) is 14.4 Å². The molecule has 1 rings (SSSR count). The molecule has 0 aromatic carbocycles. The quantitative estimate of drug-likeness (QED) is 0.650. The third-order valence-electron chi connectivity index (χ3n) is 2.12. The average molecular weight is 287 g/mol. The van der Waals surface area contributed by atoms with Gasteiger partial charge in [-0.15, -0.1) is 0 Å². The molecule has 0 spiro atoms. The molecule has 0 bridgehead atoms. The zero-order valence-electron chi connectivity index (χ0n) is 9.67. The van der Waals surface area contributed by atoms with Crippen LogP contribution in [0.25, 0.3) is 0 Å². The maximum absolute atomic E-state index is 11.7. The molecule has 4 N–H and O–H groups in total. The Morgan fingerprint density at radius 3 is 2.63 bits per heavy atom. The highest BCUT2D eigenvalue weighted by Gasteiger charge is 2.22. The van der Waals surface area contributed by atoms with Gasteiger partial charge in [0.1, 0.15) is 16.9 Å². The van der Waals surface area contributed by atoms with Gasteiger partial charge in [0.05, 0.1) is 12.4 Å². The zero-order chi connectivity index (χ0) is 14.4. The summed E-state index contributed by atoms with van der Waals surface area (Å²) in [5.74, 6) is -2.67. The normalized spacial score (nSPS) is 11.6. The summed E-state index contributed by atoms with van der Waals surface area (Å²) in [5, 5.41) is 11.1. The third-order valence-corrected chi connectivity index (χ3v) is 2.30. The van der Waals surface area contributed by atoms with Gasteiger partial charge in [0, 0.05) is 6.42 Å². The first kappa shape index (κ1) is 14.8. The van der Waals surface area contributed by atoms with E-state index in [0.29, 0.717) is 0 Å². The molecule has 1 aromatic rings. The molecule has 8 nitrogen and oxygen atoms in total. The number of rotatable bonds is 6. The van der Waals surface area contributed by atoms with Gasteiger partial charge in [-0.1, -0.05) is 11.6 Å². The number of carbonyl (C=O) groups is 3. The maximum atomic E-state index is 11.7. The van der Waals surface area contributed by atoms with E-state index in [-0.39, 0.29) is 23.7 Å². The van der Waals surface area contributed by atoms with Gasteiger partial charge in [-0.3, -0.25) is 14.6 Å². The van der Waals surface area contributed by atoms with Gasteiger partial charge < -0.3 is 16.2 Å². The fraction of sp³-hybridized carbons (Fsp3) is 0.300. The van der Waals surface area contributed by atoms with Gasteiger partial charge in [-0.2, -0.15) is 0 Å². The second-order valence-corrected chi connectivity index (χ2v) is 3.98. The maximum Gasteiger partial charge on any atom is 0.326 e. The van der Waals surface area contributed by atoms with E-state index in [4.69, 9.17) is 22.4 Å². The number of carboxylic acids is 1. The minimum Gasteiger partial charge on any atom is -0.480 e. The molecule has 0 aliphatic rings. The molecule has 0 fully saturated rings. The van der Waals surface area contributed by atoms with E-state index >= 15 is 0 Å². The predicted molar refractivity (Wildman–Crippen MR) is 64.4 cm³/mol. The van der Waals surface area contributed by atoms with Crippen molar-refractivity contribution in [3.63, 3.8) is 0 Å². The molecular formula is C10H11ClN4O4. The lowest BCUT2D eigenvalue weighted by Gasteiger charge is -2.13. The molecule has 0 aliphatic carbocycles. The molecule has 1 aromatic heterocycles. The molecular weight excluding hydrogens is 276 g/mol. The van der Waals surface area contributed by atoms with Crippen LogP contribution in [0, 0.1) is 0 Å². The summed E-state index contributed by atoms with van der Waals surface area (Å²) >= 11 is 5.56. The summed E-state index contributed by atoms with van der Waals surface area (Å²) in [6.45, 7) is 0. The highest BCUT2D eigenvalue weighted by molar-refractivity contribution is 6.29. The van der Waals surface area contributed by atoms with Gasteiger partial charge in [-0.05, 0) is 6.42 Å². The molecule has 0 unspecified atom stereocenters. The van der Waals surface area contributed by atoms with Crippen LogP contribution < -0.4 is 11.1 Å². The van der Waals surface area contributed by atoms with Gasteiger partial charge in [0.25, 0.3) is 5.91 Å². The molecule has 102 valence electrons. The molecule has 0 radical (unpaired) electrons. The molecule has 0 saturated heterocycles. The number of carboxylic acid groups (broad SMARTS) is 1. The Labute approximate surface area is 113 Å². The zero-order valence-corrected chi connectivity index (χ0v) is 10.4. The van der Waals surface area contributed by atoms with Crippen LogP contribution in [-0.4, -0.2) is 38.9 Å². The summed E-state index contributed by atoms with van der Waals surface area (Å²) in [7, 11) is 0. The Balaban J connectivity index is 2.71. The van der Waals surface area contributed by atoms with Crippen LogP contribution in [0.2, 0.25) is 5.15 Å². The number of aromatic nitrogens is 2. The number of hydrogen-bond acceptors (Lipinski definition) is 5. The highest BCUT2D eigenvalue weighted by atomic mass is 35.5. The van der Waals surface area contributed by atoms with Crippen LogP contribution in [-0.2, 0) is 9.59 Å². The van der Waals surface area contributed by atoms with Gasteiger partial charge >= 0.3 is 5.97 Å².